The molecule has 2 aromatic rings. The number of hydrogen-bond acceptors (Lipinski definition) is 2. The largest absolute Gasteiger partial charge is 0.370 e. The maximum Gasteiger partial charge on any atom is 0.251 e. The van der Waals surface area contributed by atoms with Crippen molar-refractivity contribution in [2.75, 3.05) is 32.8 Å². The number of morpholine rings is 1. The van der Waals surface area contributed by atoms with Crippen molar-refractivity contribution < 1.29 is 14.4 Å². The van der Waals surface area contributed by atoms with Crippen LogP contribution in [-0.4, -0.2) is 38.8 Å². The maximum atomic E-state index is 12.9. The van der Waals surface area contributed by atoms with Crippen LogP contribution in [-0.2, 0) is 4.74 Å². The smallest absolute Gasteiger partial charge is 0.251 e. The van der Waals surface area contributed by atoms with Crippen LogP contribution in [0.2, 0.25) is 0 Å². The topological polar surface area (TPSA) is 42.8 Å². The van der Waals surface area contributed by atoms with Gasteiger partial charge in [-0.05, 0) is 49.6 Å². The molecule has 0 aliphatic carbocycles. The Kier molecular flexibility index (Phi) is 6.07. The summed E-state index contributed by atoms with van der Waals surface area (Å²) in [5.41, 5.74) is 5.46. The van der Waals surface area contributed by atoms with Crippen LogP contribution in [0.1, 0.15) is 38.7 Å². The Balaban J connectivity index is 1.78. The molecule has 0 bridgehead atoms. The van der Waals surface area contributed by atoms with E-state index in [1.807, 2.05) is 25.1 Å². The number of rotatable bonds is 5. The Labute approximate surface area is 156 Å². The molecule has 0 radical (unpaired) electrons. The van der Waals surface area contributed by atoms with Crippen LogP contribution < -0.4 is 10.2 Å². The predicted molar refractivity (Wildman–Crippen MR) is 104 cm³/mol. The van der Waals surface area contributed by atoms with Crippen LogP contribution in [0.5, 0.6) is 0 Å². The van der Waals surface area contributed by atoms with Crippen LogP contribution >= 0.6 is 0 Å². The van der Waals surface area contributed by atoms with Crippen molar-refractivity contribution in [1.29, 1.82) is 0 Å². The molecular formula is C22H29N2O2+. The van der Waals surface area contributed by atoms with Crippen LogP contribution in [0.25, 0.3) is 0 Å². The van der Waals surface area contributed by atoms with Gasteiger partial charge in [0.05, 0.1) is 13.2 Å². The zero-order chi connectivity index (χ0) is 18.5. The maximum absolute atomic E-state index is 12.9. The van der Waals surface area contributed by atoms with Gasteiger partial charge in [0.15, 0.2) is 0 Å². The van der Waals surface area contributed by atoms with Gasteiger partial charge in [0.1, 0.15) is 25.7 Å². The van der Waals surface area contributed by atoms with Crippen molar-refractivity contribution in [3.8, 4) is 0 Å². The molecule has 1 fully saturated rings. The van der Waals surface area contributed by atoms with Crippen molar-refractivity contribution in [2.24, 2.45) is 0 Å². The van der Waals surface area contributed by atoms with Crippen molar-refractivity contribution in [2.45, 2.75) is 26.8 Å². The van der Waals surface area contributed by atoms with E-state index in [-0.39, 0.29) is 11.9 Å². The highest BCUT2D eigenvalue weighted by molar-refractivity contribution is 5.94. The first-order valence-electron chi connectivity index (χ1n) is 9.39. The lowest BCUT2D eigenvalue weighted by Crippen LogP contribution is -3.14. The number of carbonyl (C=O) groups excluding carboxylic acids is 1. The summed E-state index contributed by atoms with van der Waals surface area (Å²) >= 11 is 0. The molecule has 0 aromatic heterocycles. The van der Waals surface area contributed by atoms with Gasteiger partial charge in [-0.1, -0.05) is 35.9 Å². The summed E-state index contributed by atoms with van der Waals surface area (Å²) in [5, 5.41) is 3.26. The molecule has 0 spiro atoms. The standard InChI is InChI=1S/C22H28N2O2/c1-16-4-7-19(8-5-16)21(15-24-10-12-26-13-11-24)23-22(25)20-9-6-17(2)18(3)14-20/h4-9,14,21H,10-13,15H2,1-3H3,(H,23,25)/p+1/t21-/m0/s1. The minimum Gasteiger partial charge on any atom is -0.370 e. The van der Waals surface area contributed by atoms with Gasteiger partial charge in [-0.25, -0.2) is 0 Å². The third kappa shape index (κ3) is 4.71. The molecule has 26 heavy (non-hydrogen) atoms. The molecule has 0 saturated carbocycles. The van der Waals surface area contributed by atoms with Crippen LogP contribution in [0.4, 0.5) is 0 Å². The molecule has 3 rings (SSSR count). The molecule has 1 amide bonds. The van der Waals surface area contributed by atoms with E-state index < -0.39 is 0 Å². The van der Waals surface area contributed by atoms with Crippen molar-refractivity contribution >= 4 is 5.91 Å². The van der Waals surface area contributed by atoms with E-state index in [9.17, 15) is 4.79 Å². The average Bonchev–Trinajstić information content (AvgIpc) is 2.65. The molecule has 1 aliphatic heterocycles. The Bertz CT molecular complexity index is 749. The number of ether oxygens (including phenoxy) is 1. The van der Waals surface area contributed by atoms with Gasteiger partial charge in [-0.15, -0.1) is 0 Å². The van der Waals surface area contributed by atoms with Gasteiger partial charge in [0, 0.05) is 5.56 Å². The molecule has 1 atom stereocenters. The fourth-order valence-corrected chi connectivity index (χ4v) is 3.33. The monoisotopic (exact) mass is 353 g/mol. The summed E-state index contributed by atoms with van der Waals surface area (Å²) in [6.45, 7) is 10.6. The second-order valence-electron chi connectivity index (χ2n) is 7.30. The summed E-state index contributed by atoms with van der Waals surface area (Å²) in [6, 6.07) is 14.4. The van der Waals surface area contributed by atoms with Crippen LogP contribution in [0.3, 0.4) is 0 Å². The van der Waals surface area contributed by atoms with Crippen molar-refractivity contribution in [1.82, 2.24) is 5.32 Å². The van der Waals surface area contributed by atoms with E-state index in [1.165, 1.54) is 16.0 Å². The zero-order valence-electron chi connectivity index (χ0n) is 16.0. The number of amides is 1. The Morgan fingerprint density at radius 1 is 1.04 bits per heavy atom. The highest BCUT2D eigenvalue weighted by Gasteiger charge is 2.23. The normalized spacial score (nSPS) is 16.3. The van der Waals surface area contributed by atoms with Gasteiger partial charge >= 0.3 is 0 Å². The minimum atomic E-state index is -0.00802. The summed E-state index contributed by atoms with van der Waals surface area (Å²) in [4.78, 5) is 14.3. The van der Waals surface area contributed by atoms with E-state index in [2.05, 4.69) is 43.4 Å². The number of quaternary nitrogens is 1. The molecule has 1 heterocycles. The highest BCUT2D eigenvalue weighted by Crippen LogP contribution is 2.15. The third-order valence-corrected chi connectivity index (χ3v) is 5.25. The fourth-order valence-electron chi connectivity index (χ4n) is 3.33. The SMILES string of the molecule is Cc1ccc([C@H](C[NH+]2CCOCC2)NC(=O)c2ccc(C)c(C)c2)cc1. The van der Waals surface area contributed by atoms with Crippen molar-refractivity contribution in [3.05, 3.63) is 70.3 Å². The van der Waals surface area contributed by atoms with Gasteiger partial charge in [-0.3, -0.25) is 4.79 Å². The lowest BCUT2D eigenvalue weighted by molar-refractivity contribution is -0.909. The highest BCUT2D eigenvalue weighted by atomic mass is 16.5. The van der Waals surface area contributed by atoms with E-state index in [1.54, 1.807) is 0 Å². The first-order valence-corrected chi connectivity index (χ1v) is 9.39. The van der Waals surface area contributed by atoms with Gasteiger partial charge in [-0.2, -0.15) is 0 Å². The van der Waals surface area contributed by atoms with Gasteiger partial charge in [0.25, 0.3) is 5.91 Å². The molecular weight excluding hydrogens is 324 g/mol. The quantitative estimate of drug-likeness (QED) is 0.863. The van der Waals surface area contributed by atoms with Crippen molar-refractivity contribution in [3.63, 3.8) is 0 Å². The Morgan fingerprint density at radius 2 is 1.73 bits per heavy atom. The van der Waals surface area contributed by atoms with E-state index in [0.29, 0.717) is 0 Å². The summed E-state index contributed by atoms with van der Waals surface area (Å²) in [7, 11) is 0. The molecule has 2 aromatic carbocycles. The van der Waals surface area contributed by atoms with E-state index in [0.717, 1.165) is 49.5 Å². The third-order valence-electron chi connectivity index (χ3n) is 5.25. The van der Waals surface area contributed by atoms with Crippen LogP contribution in [0.15, 0.2) is 42.5 Å². The number of carbonyl (C=O) groups is 1. The predicted octanol–water partition coefficient (Wildman–Crippen LogP) is 2.00. The molecule has 2 N–H and O–H groups in total. The van der Waals surface area contributed by atoms with Crippen LogP contribution in [0, 0.1) is 20.8 Å². The first kappa shape index (κ1) is 18.6. The Morgan fingerprint density at radius 3 is 2.38 bits per heavy atom. The van der Waals surface area contributed by atoms with Gasteiger partial charge < -0.3 is 15.0 Å². The summed E-state index contributed by atoms with van der Waals surface area (Å²) in [5.74, 6) is -0.00802. The molecule has 138 valence electrons. The average molecular weight is 353 g/mol. The molecule has 1 aliphatic rings. The second-order valence-corrected chi connectivity index (χ2v) is 7.30. The number of hydrogen-bond donors (Lipinski definition) is 2. The number of nitrogens with one attached hydrogen (secondary N) is 2. The number of aryl methyl sites for hydroxylation is 3. The van der Waals surface area contributed by atoms with E-state index in [4.69, 9.17) is 4.74 Å². The second kappa shape index (κ2) is 8.47. The molecule has 1 saturated heterocycles. The first-order chi connectivity index (χ1) is 12.5. The molecule has 4 heteroatoms. The van der Waals surface area contributed by atoms with Gasteiger partial charge in [0.2, 0.25) is 0 Å². The Hall–Kier alpha value is -2.17. The van der Waals surface area contributed by atoms with E-state index >= 15 is 0 Å². The number of benzene rings is 2. The summed E-state index contributed by atoms with van der Waals surface area (Å²) < 4.78 is 5.47. The zero-order valence-corrected chi connectivity index (χ0v) is 16.0. The fraction of sp³-hybridized carbons (Fsp3) is 0.409. The summed E-state index contributed by atoms with van der Waals surface area (Å²) in [6.07, 6.45) is 0. The molecule has 0 unspecified atom stereocenters. The lowest BCUT2D eigenvalue weighted by atomic mass is 10.0. The minimum absolute atomic E-state index is 0.00203. The molecule has 4 nitrogen and oxygen atoms in total. The lowest BCUT2D eigenvalue weighted by Gasteiger charge is -2.28.